The summed E-state index contributed by atoms with van der Waals surface area (Å²) in [5.41, 5.74) is -1.12. The van der Waals surface area contributed by atoms with Gasteiger partial charge in [0.05, 0.1) is 29.2 Å². The second-order valence-electron chi connectivity index (χ2n) is 4.64. The van der Waals surface area contributed by atoms with Crippen molar-refractivity contribution in [3.8, 4) is 0 Å². The number of ether oxygens (including phenoxy) is 1. The molecule has 2 aromatic rings. The van der Waals surface area contributed by atoms with Gasteiger partial charge < -0.3 is 14.8 Å². The molecular weight excluding hydrogens is 276 g/mol. The topological polar surface area (TPSA) is 101 Å². The maximum absolute atomic E-state index is 12.0. The molecule has 0 amide bonds. The van der Waals surface area contributed by atoms with E-state index in [9.17, 15) is 14.4 Å². The van der Waals surface area contributed by atoms with Crippen molar-refractivity contribution >= 4 is 17.0 Å². The third kappa shape index (κ3) is 2.87. The van der Waals surface area contributed by atoms with Crippen LogP contribution < -0.4 is 11.1 Å². The van der Waals surface area contributed by atoms with Crippen molar-refractivity contribution in [2.24, 2.45) is 0 Å². The molecule has 0 saturated heterocycles. The highest BCUT2D eigenvalue weighted by Gasteiger charge is 2.15. The van der Waals surface area contributed by atoms with Gasteiger partial charge in [-0.25, -0.2) is 4.79 Å². The monoisotopic (exact) mass is 292 g/mol. The van der Waals surface area contributed by atoms with Gasteiger partial charge in [-0.15, -0.1) is 0 Å². The third-order valence-electron chi connectivity index (χ3n) is 3.13. The zero-order valence-corrected chi connectivity index (χ0v) is 11.8. The standard InChI is InChI=1S/C14H16N2O5/c1-3-21-8(2)7-16-10-6-4-5-9(14(19)20)11(10)15-12(17)13(16)18/h4-6,8H,3,7H2,1-2H3,(H,15,17)(H,19,20). The number of carboxylic acids is 1. The van der Waals surface area contributed by atoms with Crippen LogP contribution in [0.3, 0.4) is 0 Å². The molecule has 0 aliphatic heterocycles. The number of nitrogens with one attached hydrogen (secondary N) is 1. The molecule has 1 atom stereocenters. The van der Waals surface area contributed by atoms with Gasteiger partial charge in [0, 0.05) is 6.61 Å². The summed E-state index contributed by atoms with van der Waals surface area (Å²) < 4.78 is 6.63. The fraction of sp³-hybridized carbons (Fsp3) is 0.357. The zero-order valence-electron chi connectivity index (χ0n) is 11.8. The number of aromatic nitrogens is 2. The minimum absolute atomic E-state index is 0.0533. The molecule has 0 fully saturated rings. The number of para-hydroxylation sites is 1. The Labute approximate surface area is 119 Å². The van der Waals surface area contributed by atoms with Crippen molar-refractivity contribution in [1.29, 1.82) is 0 Å². The molecule has 0 radical (unpaired) electrons. The zero-order chi connectivity index (χ0) is 15.6. The lowest BCUT2D eigenvalue weighted by molar-refractivity contribution is 0.0641. The molecule has 1 aromatic heterocycles. The Morgan fingerprint density at radius 1 is 1.43 bits per heavy atom. The summed E-state index contributed by atoms with van der Waals surface area (Å²) in [6.07, 6.45) is -0.272. The van der Waals surface area contributed by atoms with Crippen LogP contribution in [0.1, 0.15) is 24.2 Å². The molecule has 1 heterocycles. The lowest BCUT2D eigenvalue weighted by Gasteiger charge is -2.15. The van der Waals surface area contributed by atoms with E-state index in [0.717, 1.165) is 0 Å². The van der Waals surface area contributed by atoms with Crippen molar-refractivity contribution in [2.75, 3.05) is 6.61 Å². The van der Waals surface area contributed by atoms with Gasteiger partial charge in [0.15, 0.2) is 0 Å². The van der Waals surface area contributed by atoms with Gasteiger partial charge in [-0.1, -0.05) is 6.07 Å². The fourth-order valence-corrected chi connectivity index (χ4v) is 2.25. The predicted octanol–water partition coefficient (Wildman–Crippen LogP) is 0.813. The molecule has 0 saturated carbocycles. The second kappa shape index (κ2) is 5.92. The molecular formula is C14H16N2O5. The van der Waals surface area contributed by atoms with Gasteiger partial charge in [0.2, 0.25) is 0 Å². The van der Waals surface area contributed by atoms with Gasteiger partial charge >= 0.3 is 17.1 Å². The molecule has 7 heteroatoms. The Kier molecular flexibility index (Phi) is 4.23. The molecule has 0 aliphatic carbocycles. The summed E-state index contributed by atoms with van der Waals surface area (Å²) in [7, 11) is 0. The first-order chi connectivity index (χ1) is 9.95. The molecule has 1 unspecified atom stereocenters. The molecule has 1 aromatic carbocycles. The summed E-state index contributed by atoms with van der Waals surface area (Å²) in [6.45, 7) is 4.27. The highest BCUT2D eigenvalue weighted by Crippen LogP contribution is 2.14. The van der Waals surface area contributed by atoms with Crippen LogP contribution in [0.4, 0.5) is 0 Å². The van der Waals surface area contributed by atoms with Crippen molar-refractivity contribution in [3.05, 3.63) is 44.5 Å². The Balaban J connectivity index is 2.71. The average Bonchev–Trinajstić information content (AvgIpc) is 2.43. The van der Waals surface area contributed by atoms with Crippen LogP contribution in [0.5, 0.6) is 0 Å². The lowest BCUT2D eigenvalue weighted by atomic mass is 10.1. The van der Waals surface area contributed by atoms with Gasteiger partial charge in [-0.2, -0.15) is 0 Å². The highest BCUT2D eigenvalue weighted by atomic mass is 16.5. The molecule has 7 nitrogen and oxygen atoms in total. The summed E-state index contributed by atoms with van der Waals surface area (Å²) >= 11 is 0. The number of aromatic carboxylic acids is 1. The molecule has 112 valence electrons. The van der Waals surface area contributed by atoms with E-state index in [4.69, 9.17) is 9.84 Å². The van der Waals surface area contributed by atoms with Crippen LogP contribution in [0.15, 0.2) is 27.8 Å². The van der Waals surface area contributed by atoms with E-state index in [0.29, 0.717) is 12.1 Å². The Hall–Kier alpha value is -2.41. The summed E-state index contributed by atoms with van der Waals surface area (Å²) in [5.74, 6) is -1.17. The number of fused-ring (bicyclic) bond motifs is 1. The minimum atomic E-state index is -1.17. The number of hydrogen-bond acceptors (Lipinski definition) is 4. The van der Waals surface area contributed by atoms with E-state index in [1.54, 1.807) is 13.0 Å². The van der Waals surface area contributed by atoms with E-state index in [2.05, 4.69) is 4.98 Å². The fourth-order valence-electron chi connectivity index (χ4n) is 2.25. The van der Waals surface area contributed by atoms with Gasteiger partial charge in [0.25, 0.3) is 0 Å². The van der Waals surface area contributed by atoms with Crippen LogP contribution in [0.25, 0.3) is 11.0 Å². The first kappa shape index (κ1) is 15.0. The number of hydrogen-bond donors (Lipinski definition) is 2. The Bertz CT molecular complexity index is 790. The van der Waals surface area contributed by atoms with Crippen LogP contribution >= 0.6 is 0 Å². The first-order valence-corrected chi connectivity index (χ1v) is 6.56. The van der Waals surface area contributed by atoms with Crippen LogP contribution in [-0.2, 0) is 11.3 Å². The number of H-pyrrole nitrogens is 1. The normalized spacial score (nSPS) is 12.5. The second-order valence-corrected chi connectivity index (χ2v) is 4.64. The number of carbonyl (C=O) groups is 1. The molecule has 0 aliphatic rings. The summed E-state index contributed by atoms with van der Waals surface area (Å²) in [6, 6.07) is 4.50. The molecule has 21 heavy (non-hydrogen) atoms. The maximum Gasteiger partial charge on any atom is 0.337 e. The number of aromatic amines is 1. The number of nitrogens with zero attached hydrogens (tertiary/aromatic N) is 1. The van der Waals surface area contributed by atoms with E-state index >= 15 is 0 Å². The average molecular weight is 292 g/mol. The Morgan fingerprint density at radius 3 is 2.76 bits per heavy atom. The maximum atomic E-state index is 12.0. The smallest absolute Gasteiger partial charge is 0.337 e. The first-order valence-electron chi connectivity index (χ1n) is 6.56. The molecule has 0 bridgehead atoms. The number of rotatable bonds is 5. The number of benzene rings is 1. The van der Waals surface area contributed by atoms with Crippen LogP contribution in [0.2, 0.25) is 0 Å². The largest absolute Gasteiger partial charge is 0.478 e. The predicted molar refractivity (Wildman–Crippen MR) is 76.9 cm³/mol. The molecule has 2 N–H and O–H groups in total. The van der Waals surface area contributed by atoms with E-state index in [1.807, 2.05) is 6.92 Å². The van der Waals surface area contributed by atoms with Crippen LogP contribution in [-0.4, -0.2) is 33.3 Å². The lowest BCUT2D eigenvalue weighted by Crippen LogP contribution is -2.39. The van der Waals surface area contributed by atoms with Crippen molar-refractivity contribution in [3.63, 3.8) is 0 Å². The van der Waals surface area contributed by atoms with Crippen molar-refractivity contribution in [1.82, 2.24) is 9.55 Å². The minimum Gasteiger partial charge on any atom is -0.478 e. The summed E-state index contributed by atoms with van der Waals surface area (Å²) in [4.78, 5) is 37.3. The highest BCUT2D eigenvalue weighted by molar-refractivity contribution is 6.00. The third-order valence-corrected chi connectivity index (χ3v) is 3.13. The molecule has 2 rings (SSSR count). The molecule has 0 spiro atoms. The van der Waals surface area contributed by atoms with Gasteiger partial charge in [-0.3, -0.25) is 14.2 Å². The number of carboxylic acid groups (broad SMARTS) is 1. The summed E-state index contributed by atoms with van der Waals surface area (Å²) in [5, 5.41) is 9.17. The van der Waals surface area contributed by atoms with Crippen molar-refractivity contribution in [2.45, 2.75) is 26.5 Å². The SMILES string of the molecule is CCOC(C)Cn1c(=O)c(=O)[nH]c2c(C(=O)O)cccc21. The Morgan fingerprint density at radius 2 is 2.14 bits per heavy atom. The van der Waals surface area contributed by atoms with E-state index in [1.165, 1.54) is 16.7 Å². The van der Waals surface area contributed by atoms with Gasteiger partial charge in [0.1, 0.15) is 0 Å². The van der Waals surface area contributed by atoms with E-state index < -0.39 is 17.1 Å². The van der Waals surface area contributed by atoms with Gasteiger partial charge in [-0.05, 0) is 26.0 Å². The van der Waals surface area contributed by atoms with E-state index in [-0.39, 0.29) is 23.7 Å². The van der Waals surface area contributed by atoms with Crippen molar-refractivity contribution < 1.29 is 14.6 Å². The van der Waals surface area contributed by atoms with Crippen LogP contribution in [0, 0.1) is 0 Å². The quantitative estimate of drug-likeness (QED) is 0.794.